The van der Waals surface area contributed by atoms with Crippen LogP contribution in [0.3, 0.4) is 0 Å². The van der Waals surface area contributed by atoms with Crippen molar-refractivity contribution in [2.24, 2.45) is 0 Å². The number of aldehydes is 1. The van der Waals surface area contributed by atoms with Crippen LogP contribution in [0.2, 0.25) is 0 Å². The van der Waals surface area contributed by atoms with Gasteiger partial charge in [0.1, 0.15) is 0 Å². The zero-order chi connectivity index (χ0) is 10.3. The maximum absolute atomic E-state index is 10.9. The Kier molecular flexibility index (Phi) is 1.62. The van der Waals surface area contributed by atoms with E-state index >= 15 is 0 Å². The molecule has 2 nitrogen and oxygen atoms in total. The first-order valence-corrected chi connectivity index (χ1v) is 4.83. The number of carbonyl (C=O) groups is 1. The third-order valence-corrected chi connectivity index (χ3v) is 2.76. The van der Waals surface area contributed by atoms with Crippen LogP contribution in [-0.2, 0) is 0 Å². The van der Waals surface area contributed by atoms with Crippen molar-refractivity contribution in [2.75, 3.05) is 0 Å². The van der Waals surface area contributed by atoms with Gasteiger partial charge in [0.05, 0.1) is 0 Å². The molecule has 3 aromatic rings. The Morgan fingerprint density at radius 2 is 1.87 bits per heavy atom. The van der Waals surface area contributed by atoms with Crippen LogP contribution in [0, 0.1) is 0 Å². The lowest BCUT2D eigenvalue weighted by atomic mass is 10.0. The minimum absolute atomic E-state index is 0.746. The third kappa shape index (κ3) is 1.08. The highest BCUT2D eigenvalue weighted by molar-refractivity contribution is 6.11. The van der Waals surface area contributed by atoms with E-state index < -0.39 is 0 Å². The molecule has 2 aromatic carbocycles. The number of hydrogen-bond donors (Lipinski definition) is 1. The highest BCUT2D eigenvalue weighted by Crippen LogP contribution is 2.26. The monoisotopic (exact) mass is 195 g/mol. The van der Waals surface area contributed by atoms with E-state index in [-0.39, 0.29) is 0 Å². The summed E-state index contributed by atoms with van der Waals surface area (Å²) in [5.74, 6) is 0. The van der Waals surface area contributed by atoms with Gasteiger partial charge < -0.3 is 4.98 Å². The fraction of sp³-hybridized carbons (Fsp3) is 0. The number of H-pyrrole nitrogens is 1. The summed E-state index contributed by atoms with van der Waals surface area (Å²) in [6.07, 6.45) is 4.83. The van der Waals surface area contributed by atoms with E-state index in [0.717, 1.165) is 28.0 Å². The van der Waals surface area contributed by atoms with Crippen LogP contribution in [0.4, 0.5) is 0 Å². The summed E-state index contributed by atoms with van der Waals surface area (Å²) >= 11 is 0. The van der Waals surface area contributed by atoms with Crippen LogP contribution in [0.15, 0.2) is 42.7 Å². The number of benzene rings is 2. The maximum Gasteiger partial charge on any atom is 0.150 e. The van der Waals surface area contributed by atoms with Gasteiger partial charge in [-0.2, -0.15) is 0 Å². The van der Waals surface area contributed by atoms with Gasteiger partial charge in [-0.15, -0.1) is 0 Å². The molecule has 0 fully saturated rings. The standard InChI is InChI=1S/C13H9NO/c15-8-10-2-1-3-12-11(10)5-4-9-6-14-7-13(9)12/h1-8,14H. The Morgan fingerprint density at radius 3 is 2.73 bits per heavy atom. The molecule has 1 aromatic heterocycles. The van der Waals surface area contributed by atoms with Crippen molar-refractivity contribution in [1.29, 1.82) is 0 Å². The smallest absolute Gasteiger partial charge is 0.150 e. The summed E-state index contributed by atoms with van der Waals surface area (Å²) in [5.41, 5.74) is 0.746. The number of fused-ring (bicyclic) bond motifs is 3. The lowest BCUT2D eigenvalue weighted by Crippen LogP contribution is -1.82. The molecule has 0 amide bonds. The van der Waals surface area contributed by atoms with E-state index in [0.29, 0.717) is 0 Å². The number of aromatic nitrogens is 1. The van der Waals surface area contributed by atoms with Crippen molar-refractivity contribution in [2.45, 2.75) is 0 Å². The largest absolute Gasteiger partial charge is 0.366 e. The average Bonchev–Trinajstić information content (AvgIpc) is 2.76. The van der Waals surface area contributed by atoms with Crippen molar-refractivity contribution >= 4 is 27.8 Å². The zero-order valence-corrected chi connectivity index (χ0v) is 8.03. The van der Waals surface area contributed by atoms with Gasteiger partial charge >= 0.3 is 0 Å². The Morgan fingerprint density at radius 1 is 0.933 bits per heavy atom. The predicted molar refractivity (Wildman–Crippen MR) is 61.2 cm³/mol. The van der Waals surface area contributed by atoms with Crippen molar-refractivity contribution in [3.05, 3.63) is 48.3 Å². The molecule has 0 saturated heterocycles. The molecule has 0 saturated carbocycles. The van der Waals surface area contributed by atoms with Crippen molar-refractivity contribution < 1.29 is 4.79 Å². The van der Waals surface area contributed by atoms with Crippen LogP contribution >= 0.6 is 0 Å². The predicted octanol–water partition coefficient (Wildman–Crippen LogP) is 3.13. The first kappa shape index (κ1) is 8.24. The Labute approximate surface area is 86.5 Å². The van der Waals surface area contributed by atoms with Gasteiger partial charge in [0.25, 0.3) is 0 Å². The lowest BCUT2D eigenvalue weighted by molar-refractivity contribution is 0.112. The second-order valence-corrected chi connectivity index (χ2v) is 3.58. The molecule has 0 atom stereocenters. The second-order valence-electron chi connectivity index (χ2n) is 3.58. The highest BCUT2D eigenvalue weighted by atomic mass is 16.1. The van der Waals surface area contributed by atoms with E-state index in [1.165, 1.54) is 5.39 Å². The molecule has 0 aliphatic carbocycles. The van der Waals surface area contributed by atoms with Gasteiger partial charge in [-0.3, -0.25) is 4.79 Å². The Balaban J connectivity index is 2.59. The lowest BCUT2D eigenvalue weighted by Gasteiger charge is -2.01. The summed E-state index contributed by atoms with van der Waals surface area (Å²) in [6, 6.07) is 9.82. The molecule has 0 spiro atoms. The number of rotatable bonds is 1. The molecule has 0 radical (unpaired) electrons. The zero-order valence-electron chi connectivity index (χ0n) is 8.03. The van der Waals surface area contributed by atoms with Crippen molar-refractivity contribution in [3.8, 4) is 0 Å². The topological polar surface area (TPSA) is 32.9 Å². The Hall–Kier alpha value is -2.09. The first-order valence-electron chi connectivity index (χ1n) is 4.83. The Bertz CT molecular complexity index is 652. The second kappa shape index (κ2) is 2.95. The molecule has 0 aliphatic rings. The van der Waals surface area contributed by atoms with Crippen LogP contribution in [0.25, 0.3) is 21.5 Å². The van der Waals surface area contributed by atoms with E-state index in [4.69, 9.17) is 0 Å². The van der Waals surface area contributed by atoms with Crippen LogP contribution in [0.5, 0.6) is 0 Å². The van der Waals surface area contributed by atoms with Crippen molar-refractivity contribution in [1.82, 2.24) is 4.98 Å². The van der Waals surface area contributed by atoms with E-state index in [9.17, 15) is 4.79 Å². The summed E-state index contributed by atoms with van der Waals surface area (Å²) < 4.78 is 0. The van der Waals surface area contributed by atoms with Gasteiger partial charge in [-0.25, -0.2) is 0 Å². The van der Waals surface area contributed by atoms with Gasteiger partial charge in [-0.1, -0.05) is 30.3 Å². The number of aromatic amines is 1. The molecule has 15 heavy (non-hydrogen) atoms. The van der Waals surface area contributed by atoms with Crippen LogP contribution in [-0.4, -0.2) is 11.3 Å². The van der Waals surface area contributed by atoms with Crippen LogP contribution in [0.1, 0.15) is 10.4 Å². The molecule has 0 unspecified atom stereocenters. The quantitative estimate of drug-likeness (QED) is 0.594. The van der Waals surface area contributed by atoms with E-state index in [1.807, 2.05) is 42.7 Å². The van der Waals surface area contributed by atoms with Crippen LogP contribution < -0.4 is 0 Å². The fourth-order valence-electron chi connectivity index (χ4n) is 2.03. The molecule has 2 heteroatoms. The summed E-state index contributed by atoms with van der Waals surface area (Å²) in [4.78, 5) is 14.0. The summed E-state index contributed by atoms with van der Waals surface area (Å²) in [7, 11) is 0. The number of hydrogen-bond acceptors (Lipinski definition) is 1. The normalized spacial score (nSPS) is 10.9. The third-order valence-electron chi connectivity index (χ3n) is 2.76. The molecule has 3 rings (SSSR count). The minimum atomic E-state index is 0.746. The molecular weight excluding hydrogens is 186 g/mol. The van der Waals surface area contributed by atoms with Gasteiger partial charge in [0.15, 0.2) is 6.29 Å². The van der Waals surface area contributed by atoms with Crippen molar-refractivity contribution in [3.63, 3.8) is 0 Å². The summed E-state index contributed by atoms with van der Waals surface area (Å²) in [6.45, 7) is 0. The van der Waals surface area contributed by atoms with E-state index in [1.54, 1.807) is 0 Å². The first-order chi connectivity index (χ1) is 7.40. The average molecular weight is 195 g/mol. The number of nitrogens with one attached hydrogen (secondary N) is 1. The highest BCUT2D eigenvalue weighted by Gasteiger charge is 2.03. The van der Waals surface area contributed by atoms with Gasteiger partial charge in [-0.05, 0) is 16.2 Å². The number of carbonyl (C=O) groups excluding carboxylic acids is 1. The molecule has 72 valence electrons. The summed E-state index contributed by atoms with van der Waals surface area (Å²) in [5, 5.41) is 4.47. The van der Waals surface area contributed by atoms with Gasteiger partial charge in [0, 0.05) is 23.3 Å². The molecular formula is C13H9NO. The van der Waals surface area contributed by atoms with Gasteiger partial charge in [0.2, 0.25) is 0 Å². The molecule has 0 bridgehead atoms. The molecule has 0 aliphatic heterocycles. The van der Waals surface area contributed by atoms with E-state index in [2.05, 4.69) is 4.98 Å². The SMILES string of the molecule is O=Cc1cccc2c1ccc1c[nH]cc12. The minimum Gasteiger partial charge on any atom is -0.366 e. The maximum atomic E-state index is 10.9. The molecule has 1 heterocycles. The molecule has 1 N–H and O–H groups in total. The fourth-order valence-corrected chi connectivity index (χ4v) is 2.03.